The van der Waals surface area contributed by atoms with E-state index in [-0.39, 0.29) is 23.8 Å². The highest BCUT2D eigenvalue weighted by atomic mass is 16.5. The molecule has 3 aromatic rings. The van der Waals surface area contributed by atoms with E-state index < -0.39 is 0 Å². The van der Waals surface area contributed by atoms with E-state index >= 15 is 0 Å². The van der Waals surface area contributed by atoms with Crippen molar-refractivity contribution in [2.24, 2.45) is 0 Å². The highest BCUT2D eigenvalue weighted by Gasteiger charge is 2.28. The average Bonchev–Trinajstić information content (AvgIpc) is 3.42. The minimum atomic E-state index is -0.230. The van der Waals surface area contributed by atoms with Crippen molar-refractivity contribution in [1.82, 2.24) is 30.2 Å². The summed E-state index contributed by atoms with van der Waals surface area (Å²) in [6.45, 7) is 5.26. The molecule has 0 aliphatic carbocycles. The normalized spacial score (nSPS) is 15.4. The van der Waals surface area contributed by atoms with Gasteiger partial charge in [0, 0.05) is 24.9 Å². The summed E-state index contributed by atoms with van der Waals surface area (Å²) in [7, 11) is 0. The predicted octanol–water partition coefficient (Wildman–Crippen LogP) is 2.98. The van der Waals surface area contributed by atoms with Gasteiger partial charge in [-0.25, -0.2) is 4.79 Å². The number of furan rings is 1. The number of likely N-dealkylation sites (tertiary alicyclic amines) is 1. The summed E-state index contributed by atoms with van der Waals surface area (Å²) in [6, 6.07) is 3.29. The second-order valence-corrected chi connectivity index (χ2v) is 6.82. The molecule has 0 unspecified atom stereocenters. The molecule has 3 aromatic heterocycles. The molecule has 4 rings (SSSR count). The van der Waals surface area contributed by atoms with Crippen LogP contribution in [-0.4, -0.2) is 49.3 Å². The highest BCUT2D eigenvalue weighted by molar-refractivity contribution is 5.87. The SMILES string of the molecule is CC(C)c1noc(C2CCN(C(=O)Nc3n[nH]c(-c4ccco4)n3)CC2)n1. The van der Waals surface area contributed by atoms with Gasteiger partial charge in [0.05, 0.1) is 6.26 Å². The molecule has 1 aliphatic rings. The lowest BCUT2D eigenvalue weighted by atomic mass is 9.97. The minimum Gasteiger partial charge on any atom is -0.461 e. The summed E-state index contributed by atoms with van der Waals surface area (Å²) in [6.07, 6.45) is 3.10. The standard InChI is InChI=1S/C17H21N7O3/c1-10(2)13-18-15(27-23-13)11-5-7-24(8-6-11)17(25)20-16-19-14(21-22-16)12-4-3-9-26-12/h3-4,9-11H,5-8H2,1-2H3,(H2,19,20,21,22,25). The first-order valence-electron chi connectivity index (χ1n) is 8.96. The summed E-state index contributed by atoms with van der Waals surface area (Å²) >= 11 is 0. The van der Waals surface area contributed by atoms with Crippen LogP contribution in [0.4, 0.5) is 10.7 Å². The van der Waals surface area contributed by atoms with Gasteiger partial charge in [0.25, 0.3) is 5.95 Å². The molecule has 10 nitrogen and oxygen atoms in total. The number of aromatic amines is 1. The molecule has 1 saturated heterocycles. The third-order valence-corrected chi connectivity index (χ3v) is 4.56. The highest BCUT2D eigenvalue weighted by Crippen LogP contribution is 2.28. The topological polar surface area (TPSA) is 126 Å². The van der Waals surface area contributed by atoms with E-state index in [0.29, 0.717) is 30.6 Å². The molecular formula is C17H21N7O3. The first-order valence-corrected chi connectivity index (χ1v) is 8.96. The van der Waals surface area contributed by atoms with E-state index in [4.69, 9.17) is 8.94 Å². The summed E-state index contributed by atoms with van der Waals surface area (Å²) in [5.41, 5.74) is 0. The number of urea groups is 1. The molecule has 2 N–H and O–H groups in total. The smallest absolute Gasteiger partial charge is 0.324 e. The van der Waals surface area contributed by atoms with E-state index in [1.165, 1.54) is 0 Å². The molecule has 1 aliphatic heterocycles. The van der Waals surface area contributed by atoms with Gasteiger partial charge >= 0.3 is 6.03 Å². The van der Waals surface area contributed by atoms with E-state index in [1.807, 2.05) is 13.8 Å². The number of H-pyrrole nitrogens is 1. The minimum absolute atomic E-state index is 0.183. The Hall–Kier alpha value is -3.17. The molecule has 0 aromatic carbocycles. The Morgan fingerprint density at radius 2 is 2.15 bits per heavy atom. The van der Waals surface area contributed by atoms with Crippen LogP contribution in [0, 0.1) is 0 Å². The lowest BCUT2D eigenvalue weighted by Crippen LogP contribution is -2.40. The van der Waals surface area contributed by atoms with Gasteiger partial charge < -0.3 is 13.8 Å². The van der Waals surface area contributed by atoms with Crippen LogP contribution in [0.3, 0.4) is 0 Å². The predicted molar refractivity (Wildman–Crippen MR) is 95.0 cm³/mol. The van der Waals surface area contributed by atoms with Crippen LogP contribution in [0.2, 0.25) is 0 Å². The lowest BCUT2D eigenvalue weighted by Gasteiger charge is -2.29. The largest absolute Gasteiger partial charge is 0.461 e. The first-order chi connectivity index (χ1) is 13.1. The fourth-order valence-corrected chi connectivity index (χ4v) is 2.99. The summed E-state index contributed by atoms with van der Waals surface area (Å²) in [5.74, 6) is 3.05. The van der Waals surface area contributed by atoms with Crippen LogP contribution >= 0.6 is 0 Å². The summed E-state index contributed by atoms with van der Waals surface area (Å²) < 4.78 is 10.6. The number of amides is 2. The Labute approximate surface area is 155 Å². The second kappa shape index (κ2) is 7.22. The van der Waals surface area contributed by atoms with Gasteiger partial charge in [0.2, 0.25) is 5.89 Å². The number of carbonyl (C=O) groups excluding carboxylic acids is 1. The maximum atomic E-state index is 12.4. The van der Waals surface area contributed by atoms with Crippen molar-refractivity contribution in [2.75, 3.05) is 18.4 Å². The quantitative estimate of drug-likeness (QED) is 0.722. The van der Waals surface area contributed by atoms with Crippen molar-refractivity contribution < 1.29 is 13.7 Å². The Bertz CT molecular complexity index is 891. The molecule has 27 heavy (non-hydrogen) atoms. The van der Waals surface area contributed by atoms with Crippen LogP contribution in [0.1, 0.15) is 50.2 Å². The third kappa shape index (κ3) is 3.69. The summed E-state index contributed by atoms with van der Waals surface area (Å²) in [4.78, 5) is 22.9. The number of aromatic nitrogens is 5. The number of hydrogen-bond donors (Lipinski definition) is 2. The molecule has 0 atom stereocenters. The fourth-order valence-electron chi connectivity index (χ4n) is 2.99. The van der Waals surface area contributed by atoms with Crippen molar-refractivity contribution in [3.05, 3.63) is 30.1 Å². The van der Waals surface area contributed by atoms with Gasteiger partial charge in [-0.05, 0) is 25.0 Å². The Kier molecular flexibility index (Phi) is 4.61. The molecule has 1 fully saturated rings. The molecule has 0 bridgehead atoms. The van der Waals surface area contributed by atoms with Crippen LogP contribution in [0.15, 0.2) is 27.3 Å². The van der Waals surface area contributed by atoms with Gasteiger partial charge in [-0.1, -0.05) is 19.0 Å². The number of hydrogen-bond acceptors (Lipinski definition) is 7. The Morgan fingerprint density at radius 3 is 2.81 bits per heavy atom. The van der Waals surface area contributed by atoms with E-state index in [9.17, 15) is 4.79 Å². The number of piperidine rings is 1. The van der Waals surface area contributed by atoms with Gasteiger partial charge in [-0.3, -0.25) is 10.4 Å². The molecule has 142 valence electrons. The second-order valence-electron chi connectivity index (χ2n) is 6.82. The van der Waals surface area contributed by atoms with Crippen molar-refractivity contribution in [3.8, 4) is 11.6 Å². The van der Waals surface area contributed by atoms with Crippen molar-refractivity contribution in [1.29, 1.82) is 0 Å². The van der Waals surface area contributed by atoms with Crippen molar-refractivity contribution in [2.45, 2.75) is 38.5 Å². The van der Waals surface area contributed by atoms with Crippen LogP contribution in [-0.2, 0) is 0 Å². The van der Waals surface area contributed by atoms with Crippen LogP contribution in [0.5, 0.6) is 0 Å². The van der Waals surface area contributed by atoms with Crippen LogP contribution in [0.25, 0.3) is 11.6 Å². The molecule has 0 saturated carbocycles. The number of rotatable bonds is 4. The average molecular weight is 371 g/mol. The molecule has 4 heterocycles. The Morgan fingerprint density at radius 1 is 1.33 bits per heavy atom. The van der Waals surface area contributed by atoms with E-state index in [0.717, 1.165) is 18.7 Å². The van der Waals surface area contributed by atoms with Crippen molar-refractivity contribution >= 4 is 12.0 Å². The number of nitrogens with one attached hydrogen (secondary N) is 2. The molecule has 0 spiro atoms. The molecule has 2 amide bonds. The van der Waals surface area contributed by atoms with E-state index in [1.54, 1.807) is 23.3 Å². The van der Waals surface area contributed by atoms with Gasteiger partial charge in [0.1, 0.15) is 0 Å². The monoisotopic (exact) mass is 371 g/mol. The number of nitrogens with zero attached hydrogens (tertiary/aromatic N) is 5. The molecule has 0 radical (unpaired) electrons. The summed E-state index contributed by atoms with van der Waals surface area (Å²) in [5, 5.41) is 13.5. The third-order valence-electron chi connectivity index (χ3n) is 4.56. The zero-order chi connectivity index (χ0) is 18.8. The maximum absolute atomic E-state index is 12.4. The number of carbonyl (C=O) groups is 1. The Balaban J connectivity index is 1.32. The fraction of sp³-hybridized carbons (Fsp3) is 0.471. The number of anilines is 1. The van der Waals surface area contributed by atoms with Gasteiger partial charge in [-0.15, -0.1) is 5.10 Å². The molecular weight excluding hydrogens is 350 g/mol. The van der Waals surface area contributed by atoms with Crippen molar-refractivity contribution in [3.63, 3.8) is 0 Å². The molecule has 10 heteroatoms. The maximum Gasteiger partial charge on any atom is 0.324 e. The van der Waals surface area contributed by atoms with Gasteiger partial charge in [0.15, 0.2) is 17.4 Å². The zero-order valence-corrected chi connectivity index (χ0v) is 15.2. The van der Waals surface area contributed by atoms with E-state index in [2.05, 4.69) is 30.6 Å². The first kappa shape index (κ1) is 17.3. The lowest BCUT2D eigenvalue weighted by molar-refractivity contribution is 0.187. The van der Waals surface area contributed by atoms with Crippen LogP contribution < -0.4 is 5.32 Å². The van der Waals surface area contributed by atoms with Gasteiger partial charge in [-0.2, -0.15) is 9.97 Å². The zero-order valence-electron chi connectivity index (χ0n) is 15.2.